The number of carbonyl (C=O) groups excluding carboxylic acids is 1. The number of aromatic nitrogens is 4. The number of nitrogens with zero attached hydrogens (tertiary/aromatic N) is 4. The summed E-state index contributed by atoms with van der Waals surface area (Å²) in [5.74, 6) is -0.0871. The van der Waals surface area contributed by atoms with Crippen molar-refractivity contribution in [1.29, 1.82) is 0 Å². The van der Waals surface area contributed by atoms with Crippen molar-refractivity contribution in [3.63, 3.8) is 0 Å². The van der Waals surface area contributed by atoms with Gasteiger partial charge in [-0.05, 0) is 43.1 Å². The molecule has 3 N–H and O–H groups in total. The van der Waals surface area contributed by atoms with Gasteiger partial charge in [0.2, 0.25) is 11.9 Å². The molecule has 0 bridgehead atoms. The Hall–Kier alpha value is -3.04. The number of anilines is 2. The second kappa shape index (κ2) is 7.53. The zero-order valence-corrected chi connectivity index (χ0v) is 15.6. The predicted molar refractivity (Wildman–Crippen MR) is 105 cm³/mol. The molecule has 3 heterocycles. The van der Waals surface area contributed by atoms with Crippen LogP contribution in [0.1, 0.15) is 29.3 Å². The lowest BCUT2D eigenvalue weighted by atomic mass is 10.0. The number of aliphatic hydroxyl groups is 1. The van der Waals surface area contributed by atoms with Gasteiger partial charge >= 0.3 is 0 Å². The first kappa shape index (κ1) is 18.3. The van der Waals surface area contributed by atoms with Gasteiger partial charge in [-0.2, -0.15) is 9.67 Å². The van der Waals surface area contributed by atoms with Crippen molar-refractivity contribution in [2.75, 3.05) is 18.5 Å². The van der Waals surface area contributed by atoms with E-state index in [-0.39, 0.29) is 35.5 Å². The molecule has 146 valence electrons. The second-order valence-corrected chi connectivity index (χ2v) is 6.67. The van der Waals surface area contributed by atoms with Gasteiger partial charge in [-0.25, -0.2) is 9.67 Å². The molecule has 1 aliphatic rings. The summed E-state index contributed by atoms with van der Waals surface area (Å²) < 4.78 is 2.54. The Balaban J connectivity index is 1.74. The minimum Gasteiger partial charge on any atom is -0.396 e. The van der Waals surface area contributed by atoms with Gasteiger partial charge in [-0.15, -0.1) is 0 Å². The van der Waals surface area contributed by atoms with Crippen LogP contribution in [0.4, 0.5) is 11.6 Å². The zero-order chi connectivity index (χ0) is 19.7. The Kier molecular flexibility index (Phi) is 4.93. The molecule has 0 spiro atoms. The maximum absolute atomic E-state index is 12.5. The highest BCUT2D eigenvalue weighted by Crippen LogP contribution is 2.21. The average molecular weight is 382 g/mol. The van der Waals surface area contributed by atoms with Gasteiger partial charge in [-0.3, -0.25) is 9.59 Å². The molecular weight excluding hydrogens is 360 g/mol. The van der Waals surface area contributed by atoms with E-state index in [4.69, 9.17) is 5.11 Å². The molecule has 9 heteroatoms. The molecule has 9 nitrogen and oxygen atoms in total. The lowest BCUT2D eigenvalue weighted by Gasteiger charge is -2.18. The van der Waals surface area contributed by atoms with Crippen molar-refractivity contribution in [1.82, 2.24) is 24.6 Å². The Morgan fingerprint density at radius 2 is 2.21 bits per heavy atom. The van der Waals surface area contributed by atoms with Crippen molar-refractivity contribution in [3.05, 3.63) is 45.9 Å². The molecule has 0 fully saturated rings. The number of aliphatic hydroxyl groups excluding tert-OH is 1. The summed E-state index contributed by atoms with van der Waals surface area (Å²) in [6, 6.07) is 6.11. The maximum atomic E-state index is 12.5. The minimum absolute atomic E-state index is 0.0895. The second-order valence-electron chi connectivity index (χ2n) is 6.67. The number of carbonyl (C=O) groups is 1. The lowest BCUT2D eigenvalue weighted by molar-refractivity contribution is 0.0845. The zero-order valence-electron chi connectivity index (χ0n) is 15.6. The number of hydrogen-bond donors (Lipinski definition) is 3. The van der Waals surface area contributed by atoms with Gasteiger partial charge < -0.3 is 15.7 Å². The number of rotatable bonds is 5. The molecule has 0 saturated carbocycles. The highest BCUT2D eigenvalue weighted by molar-refractivity contribution is 5.89. The topological polar surface area (TPSA) is 114 Å². The molecular formula is C19H22N6O3. The van der Waals surface area contributed by atoms with Crippen LogP contribution in [0, 0.1) is 0 Å². The highest BCUT2D eigenvalue weighted by atomic mass is 16.3. The van der Waals surface area contributed by atoms with E-state index < -0.39 is 0 Å². The van der Waals surface area contributed by atoms with Crippen LogP contribution in [0.2, 0.25) is 0 Å². The molecule has 0 aliphatic carbocycles. The molecule has 1 aromatic carbocycles. The first-order valence-corrected chi connectivity index (χ1v) is 9.34. The Morgan fingerprint density at radius 1 is 1.36 bits per heavy atom. The first-order chi connectivity index (χ1) is 13.6. The van der Waals surface area contributed by atoms with Crippen LogP contribution in [0.3, 0.4) is 0 Å². The molecule has 0 unspecified atom stereocenters. The van der Waals surface area contributed by atoms with Gasteiger partial charge in [-0.1, -0.05) is 6.07 Å². The maximum Gasteiger partial charge on any atom is 0.278 e. The third kappa shape index (κ3) is 3.19. The monoisotopic (exact) mass is 382 g/mol. The normalized spacial score (nSPS) is 13.5. The lowest BCUT2D eigenvalue weighted by Crippen LogP contribution is -2.27. The summed E-state index contributed by atoms with van der Waals surface area (Å²) in [7, 11) is 0. The van der Waals surface area contributed by atoms with Gasteiger partial charge in [0.25, 0.3) is 5.56 Å². The van der Waals surface area contributed by atoms with Crippen molar-refractivity contribution >= 4 is 28.6 Å². The first-order valence-electron chi connectivity index (χ1n) is 9.34. The van der Waals surface area contributed by atoms with E-state index in [1.165, 1.54) is 26.7 Å². The van der Waals surface area contributed by atoms with E-state index in [1.54, 1.807) is 6.92 Å². The molecule has 4 rings (SSSR count). The van der Waals surface area contributed by atoms with Crippen LogP contribution in [-0.4, -0.2) is 43.5 Å². The van der Waals surface area contributed by atoms with Gasteiger partial charge in [0.05, 0.1) is 13.0 Å². The quantitative estimate of drug-likeness (QED) is 0.604. The van der Waals surface area contributed by atoms with Crippen molar-refractivity contribution < 1.29 is 9.90 Å². The third-order valence-corrected chi connectivity index (χ3v) is 4.89. The van der Waals surface area contributed by atoms with E-state index >= 15 is 0 Å². The van der Waals surface area contributed by atoms with Crippen molar-refractivity contribution in [2.24, 2.45) is 0 Å². The third-order valence-electron chi connectivity index (χ3n) is 4.89. The molecule has 0 amide bonds. The van der Waals surface area contributed by atoms with Gasteiger partial charge in [0, 0.05) is 25.0 Å². The fourth-order valence-electron chi connectivity index (χ4n) is 3.52. The summed E-state index contributed by atoms with van der Waals surface area (Å²) in [4.78, 5) is 33.6. The number of nitrogens with one attached hydrogen (secondary N) is 2. The summed E-state index contributed by atoms with van der Waals surface area (Å²) in [5, 5.41) is 15.9. The Labute approximate surface area is 161 Å². The molecule has 0 atom stereocenters. The van der Waals surface area contributed by atoms with Crippen LogP contribution >= 0.6 is 0 Å². The van der Waals surface area contributed by atoms with Gasteiger partial charge in [0.15, 0.2) is 5.65 Å². The fourth-order valence-corrected chi connectivity index (χ4v) is 3.52. The highest BCUT2D eigenvalue weighted by Gasteiger charge is 2.20. The Morgan fingerprint density at radius 3 is 3.00 bits per heavy atom. The summed E-state index contributed by atoms with van der Waals surface area (Å²) in [6.07, 6.45) is 2.34. The minimum atomic E-state index is -0.388. The molecule has 2 aromatic heterocycles. The van der Waals surface area contributed by atoms with E-state index in [9.17, 15) is 9.59 Å². The van der Waals surface area contributed by atoms with Crippen LogP contribution in [0.15, 0.2) is 29.2 Å². The van der Waals surface area contributed by atoms with Gasteiger partial charge in [0.1, 0.15) is 5.39 Å². The fraction of sp³-hybridized carbons (Fsp3) is 0.368. The molecule has 1 aliphatic heterocycles. The SMILES string of the molecule is CCn1c(=O)c2cnc(Nc3ccc4c(c3)CNCC4)nc2n1C(=O)CCO. The Bertz CT molecular complexity index is 1100. The van der Waals surface area contributed by atoms with Crippen LogP contribution in [0.5, 0.6) is 0 Å². The van der Waals surface area contributed by atoms with Crippen LogP contribution < -0.4 is 16.2 Å². The van der Waals surface area contributed by atoms with Crippen molar-refractivity contribution in [2.45, 2.75) is 32.9 Å². The van der Waals surface area contributed by atoms with Crippen LogP contribution in [0.25, 0.3) is 11.0 Å². The summed E-state index contributed by atoms with van der Waals surface area (Å²) >= 11 is 0. The molecule has 0 radical (unpaired) electrons. The largest absolute Gasteiger partial charge is 0.396 e. The summed E-state index contributed by atoms with van der Waals surface area (Å²) in [5.41, 5.74) is 3.30. The number of benzene rings is 1. The van der Waals surface area contributed by atoms with E-state index in [0.717, 1.165) is 25.2 Å². The summed E-state index contributed by atoms with van der Waals surface area (Å²) in [6.45, 7) is 3.59. The average Bonchev–Trinajstić information content (AvgIpc) is 2.99. The predicted octanol–water partition coefficient (Wildman–Crippen LogP) is 1.02. The number of fused-ring (bicyclic) bond motifs is 2. The van der Waals surface area contributed by atoms with E-state index in [0.29, 0.717) is 12.5 Å². The molecule has 3 aromatic rings. The standard InChI is InChI=1S/C19H22N6O3/c1-2-24-18(28)15-11-21-19(23-17(15)25(24)16(27)6-8-26)22-14-4-3-12-5-7-20-10-13(12)9-14/h3-4,9,11,20,26H,2,5-8,10H2,1H3,(H,21,22,23). The van der Waals surface area contributed by atoms with Crippen molar-refractivity contribution in [3.8, 4) is 0 Å². The molecule has 0 saturated heterocycles. The van der Waals surface area contributed by atoms with Crippen LogP contribution in [-0.2, 0) is 19.5 Å². The van der Waals surface area contributed by atoms with E-state index in [1.807, 2.05) is 6.07 Å². The molecule has 28 heavy (non-hydrogen) atoms. The smallest absolute Gasteiger partial charge is 0.278 e. The number of hydrogen-bond acceptors (Lipinski definition) is 7. The van der Waals surface area contributed by atoms with E-state index in [2.05, 4.69) is 32.7 Å².